The van der Waals surface area contributed by atoms with E-state index in [0.717, 1.165) is 36.6 Å². The fourth-order valence-electron chi connectivity index (χ4n) is 1.49. The van der Waals surface area contributed by atoms with Crippen molar-refractivity contribution in [3.8, 4) is 11.5 Å². The van der Waals surface area contributed by atoms with Crippen molar-refractivity contribution < 1.29 is 27.0 Å². The third kappa shape index (κ3) is 3.27. The SMILES string of the molecule is OCCCNCc1ccc2c(c1)OCO2.[Cl-]. The number of aliphatic hydroxyl groups excluding tert-OH is 1. The quantitative estimate of drug-likeness (QED) is 0.583. The van der Waals surface area contributed by atoms with Gasteiger partial charge in [0.05, 0.1) is 0 Å². The Labute approximate surface area is 101 Å². The van der Waals surface area contributed by atoms with E-state index in [1.165, 1.54) is 0 Å². The van der Waals surface area contributed by atoms with Crippen molar-refractivity contribution in [3.05, 3.63) is 23.8 Å². The molecule has 16 heavy (non-hydrogen) atoms. The van der Waals surface area contributed by atoms with Crippen LogP contribution in [0.1, 0.15) is 12.0 Å². The summed E-state index contributed by atoms with van der Waals surface area (Å²) in [5.74, 6) is 1.63. The van der Waals surface area contributed by atoms with Gasteiger partial charge in [0.1, 0.15) is 0 Å². The molecule has 1 aliphatic rings. The highest BCUT2D eigenvalue weighted by molar-refractivity contribution is 5.44. The third-order valence-corrected chi connectivity index (χ3v) is 2.28. The van der Waals surface area contributed by atoms with Crippen LogP contribution in [0, 0.1) is 0 Å². The zero-order chi connectivity index (χ0) is 10.5. The van der Waals surface area contributed by atoms with Crippen molar-refractivity contribution >= 4 is 0 Å². The van der Waals surface area contributed by atoms with Gasteiger partial charge in [0.15, 0.2) is 11.5 Å². The average Bonchev–Trinajstić information content (AvgIpc) is 2.71. The predicted molar refractivity (Wildman–Crippen MR) is 56.0 cm³/mol. The lowest BCUT2D eigenvalue weighted by molar-refractivity contribution is -0.00000580. The number of hydrogen-bond acceptors (Lipinski definition) is 4. The van der Waals surface area contributed by atoms with Crippen molar-refractivity contribution in [2.24, 2.45) is 0 Å². The van der Waals surface area contributed by atoms with Crippen LogP contribution in [0.3, 0.4) is 0 Å². The molecule has 0 saturated carbocycles. The van der Waals surface area contributed by atoms with Gasteiger partial charge in [0.25, 0.3) is 0 Å². The molecule has 0 amide bonds. The molecular formula is C11H15ClNO3-. The molecule has 90 valence electrons. The molecule has 1 aromatic carbocycles. The molecule has 1 aromatic rings. The summed E-state index contributed by atoms with van der Waals surface area (Å²) in [5, 5.41) is 11.9. The highest BCUT2D eigenvalue weighted by Crippen LogP contribution is 2.32. The molecule has 2 N–H and O–H groups in total. The van der Waals surface area contributed by atoms with Gasteiger partial charge in [-0.1, -0.05) is 6.07 Å². The van der Waals surface area contributed by atoms with Crippen LogP contribution in [0.2, 0.25) is 0 Å². The molecular weight excluding hydrogens is 230 g/mol. The minimum Gasteiger partial charge on any atom is -1.00 e. The summed E-state index contributed by atoms with van der Waals surface area (Å²) in [6.07, 6.45) is 0.782. The molecule has 1 heterocycles. The van der Waals surface area contributed by atoms with Gasteiger partial charge in [-0.3, -0.25) is 0 Å². The Kier molecular flexibility index (Phi) is 5.38. The zero-order valence-electron chi connectivity index (χ0n) is 8.91. The highest BCUT2D eigenvalue weighted by atomic mass is 35.5. The molecule has 0 bridgehead atoms. The summed E-state index contributed by atoms with van der Waals surface area (Å²) in [4.78, 5) is 0. The van der Waals surface area contributed by atoms with E-state index in [4.69, 9.17) is 14.6 Å². The smallest absolute Gasteiger partial charge is 0.231 e. The molecule has 0 atom stereocenters. The number of ether oxygens (including phenoxy) is 2. The van der Waals surface area contributed by atoms with Gasteiger partial charge in [-0.25, -0.2) is 0 Å². The van der Waals surface area contributed by atoms with Gasteiger partial charge in [-0.15, -0.1) is 0 Å². The Morgan fingerprint density at radius 1 is 1.25 bits per heavy atom. The fraction of sp³-hybridized carbons (Fsp3) is 0.455. The first kappa shape index (κ1) is 13.1. The lowest BCUT2D eigenvalue weighted by Crippen LogP contribution is -3.00. The maximum atomic E-state index is 8.61. The molecule has 0 unspecified atom stereocenters. The summed E-state index contributed by atoms with van der Waals surface area (Å²) in [5.41, 5.74) is 1.16. The molecule has 0 radical (unpaired) electrons. The maximum absolute atomic E-state index is 8.61. The number of benzene rings is 1. The van der Waals surface area contributed by atoms with Crippen molar-refractivity contribution in [1.82, 2.24) is 5.32 Å². The maximum Gasteiger partial charge on any atom is 0.231 e. The molecule has 0 spiro atoms. The lowest BCUT2D eigenvalue weighted by Gasteiger charge is -2.04. The minimum absolute atomic E-state index is 0. The number of hydrogen-bond donors (Lipinski definition) is 2. The number of fused-ring (bicyclic) bond motifs is 1. The second-order valence-electron chi connectivity index (χ2n) is 3.44. The molecule has 5 heteroatoms. The van der Waals surface area contributed by atoms with E-state index < -0.39 is 0 Å². The van der Waals surface area contributed by atoms with Crippen LogP contribution in [-0.4, -0.2) is 25.1 Å². The van der Waals surface area contributed by atoms with Crippen LogP contribution < -0.4 is 27.2 Å². The Balaban J connectivity index is 0.00000128. The van der Waals surface area contributed by atoms with E-state index in [1.54, 1.807) is 0 Å². The standard InChI is InChI=1S/C11H15NO3.ClH/c13-5-1-4-12-7-9-2-3-10-11(6-9)15-8-14-10;/h2-3,6,12-13H,1,4-5,7-8H2;1H/p-1. The predicted octanol–water partition coefficient (Wildman–Crippen LogP) is -2.11. The first-order valence-electron chi connectivity index (χ1n) is 5.10. The Hall–Kier alpha value is -0.970. The first-order chi connectivity index (χ1) is 7.40. The van der Waals surface area contributed by atoms with E-state index >= 15 is 0 Å². The van der Waals surface area contributed by atoms with Crippen LogP contribution >= 0.6 is 0 Å². The average molecular weight is 245 g/mol. The third-order valence-electron chi connectivity index (χ3n) is 2.28. The molecule has 1 aliphatic heterocycles. The summed E-state index contributed by atoms with van der Waals surface area (Å²) < 4.78 is 10.5. The van der Waals surface area contributed by atoms with Gasteiger partial charge < -0.3 is 32.3 Å². The van der Waals surface area contributed by atoms with Crippen molar-refractivity contribution in [2.45, 2.75) is 13.0 Å². The normalized spacial score (nSPS) is 12.3. The van der Waals surface area contributed by atoms with Gasteiger partial charge >= 0.3 is 0 Å². The van der Waals surface area contributed by atoms with E-state index in [1.807, 2.05) is 18.2 Å². The van der Waals surface area contributed by atoms with Crippen molar-refractivity contribution in [2.75, 3.05) is 19.9 Å². The van der Waals surface area contributed by atoms with Crippen molar-refractivity contribution in [1.29, 1.82) is 0 Å². The largest absolute Gasteiger partial charge is 1.00 e. The van der Waals surface area contributed by atoms with Crippen molar-refractivity contribution in [3.63, 3.8) is 0 Å². The number of halogens is 1. The number of rotatable bonds is 5. The molecule has 4 nitrogen and oxygen atoms in total. The van der Waals surface area contributed by atoms with Crippen LogP contribution in [0.4, 0.5) is 0 Å². The molecule has 0 fully saturated rings. The Morgan fingerprint density at radius 2 is 2.06 bits per heavy atom. The van der Waals surface area contributed by atoms with E-state index in [2.05, 4.69) is 5.32 Å². The van der Waals surface area contributed by atoms with Gasteiger partial charge in [0.2, 0.25) is 6.79 Å². The molecule has 2 rings (SSSR count). The number of nitrogens with one attached hydrogen (secondary N) is 1. The summed E-state index contributed by atoms with van der Waals surface area (Å²) in [7, 11) is 0. The number of aliphatic hydroxyl groups is 1. The first-order valence-corrected chi connectivity index (χ1v) is 5.10. The molecule has 0 saturated heterocycles. The second-order valence-corrected chi connectivity index (χ2v) is 3.44. The highest BCUT2D eigenvalue weighted by Gasteiger charge is 2.12. The van der Waals surface area contributed by atoms with E-state index in [9.17, 15) is 0 Å². The topological polar surface area (TPSA) is 50.7 Å². The molecule has 0 aromatic heterocycles. The van der Waals surface area contributed by atoms with Crippen LogP contribution in [0.25, 0.3) is 0 Å². The van der Waals surface area contributed by atoms with Gasteiger partial charge in [-0.05, 0) is 30.7 Å². The Bertz CT molecular complexity index is 333. The van der Waals surface area contributed by atoms with E-state index in [0.29, 0.717) is 6.79 Å². The minimum atomic E-state index is 0. The van der Waals surface area contributed by atoms with E-state index in [-0.39, 0.29) is 19.0 Å². The zero-order valence-corrected chi connectivity index (χ0v) is 9.67. The second kappa shape index (κ2) is 6.58. The lowest BCUT2D eigenvalue weighted by atomic mass is 10.2. The summed E-state index contributed by atoms with van der Waals surface area (Å²) in [6, 6.07) is 5.92. The monoisotopic (exact) mass is 244 g/mol. The Morgan fingerprint density at radius 3 is 2.88 bits per heavy atom. The van der Waals surface area contributed by atoms with Crippen LogP contribution in [0.15, 0.2) is 18.2 Å². The fourth-order valence-corrected chi connectivity index (χ4v) is 1.49. The molecule has 0 aliphatic carbocycles. The summed E-state index contributed by atoms with van der Waals surface area (Å²) in [6.45, 7) is 2.16. The van der Waals surface area contributed by atoms with Crippen LogP contribution in [-0.2, 0) is 6.54 Å². The van der Waals surface area contributed by atoms with Crippen LogP contribution in [0.5, 0.6) is 11.5 Å². The van der Waals surface area contributed by atoms with Gasteiger partial charge in [0, 0.05) is 13.2 Å². The van der Waals surface area contributed by atoms with Gasteiger partial charge in [-0.2, -0.15) is 0 Å². The summed E-state index contributed by atoms with van der Waals surface area (Å²) >= 11 is 0.